The SMILES string of the molecule is CC(CCO)CNC(=O)NCc1ccnc(-n2ccnc2)c1. The Balaban J connectivity index is 1.82. The molecule has 1 unspecified atom stereocenters. The number of carbonyl (C=O) groups excluding carboxylic acids is 1. The number of aliphatic hydroxyl groups excluding tert-OH is 1. The summed E-state index contributed by atoms with van der Waals surface area (Å²) in [6.45, 7) is 3.09. The van der Waals surface area contributed by atoms with E-state index in [0.29, 0.717) is 19.5 Å². The first-order valence-electron chi connectivity index (χ1n) is 7.25. The zero-order chi connectivity index (χ0) is 15.8. The predicted octanol–water partition coefficient (Wildman–Crippen LogP) is 1.08. The Morgan fingerprint density at radius 2 is 2.27 bits per heavy atom. The maximum atomic E-state index is 11.7. The Morgan fingerprint density at radius 3 is 3.00 bits per heavy atom. The first kappa shape index (κ1) is 16.0. The number of aromatic nitrogens is 3. The molecule has 7 nitrogen and oxygen atoms in total. The number of nitrogens with zero attached hydrogens (tertiary/aromatic N) is 3. The van der Waals surface area contributed by atoms with Crippen LogP contribution in [0.15, 0.2) is 37.1 Å². The van der Waals surface area contributed by atoms with Gasteiger partial charge in [-0.15, -0.1) is 0 Å². The van der Waals surface area contributed by atoms with E-state index < -0.39 is 0 Å². The molecule has 2 aromatic rings. The van der Waals surface area contributed by atoms with E-state index in [1.54, 1.807) is 23.3 Å². The maximum Gasteiger partial charge on any atom is 0.315 e. The third-order valence-electron chi connectivity index (χ3n) is 3.26. The van der Waals surface area contributed by atoms with E-state index in [1.807, 2.05) is 25.3 Å². The first-order valence-corrected chi connectivity index (χ1v) is 7.25. The van der Waals surface area contributed by atoms with Gasteiger partial charge in [-0.3, -0.25) is 4.57 Å². The summed E-state index contributed by atoms with van der Waals surface area (Å²) < 4.78 is 1.81. The van der Waals surface area contributed by atoms with Crippen molar-refractivity contribution in [3.05, 3.63) is 42.6 Å². The number of carbonyl (C=O) groups is 1. The van der Waals surface area contributed by atoms with Gasteiger partial charge in [-0.25, -0.2) is 14.8 Å². The van der Waals surface area contributed by atoms with Crippen LogP contribution >= 0.6 is 0 Å². The molecule has 1 atom stereocenters. The molecule has 0 aliphatic rings. The van der Waals surface area contributed by atoms with Crippen LogP contribution < -0.4 is 10.6 Å². The van der Waals surface area contributed by atoms with Crippen LogP contribution in [0, 0.1) is 5.92 Å². The van der Waals surface area contributed by atoms with E-state index in [9.17, 15) is 4.79 Å². The van der Waals surface area contributed by atoms with Crippen molar-refractivity contribution in [1.82, 2.24) is 25.2 Å². The molecule has 2 rings (SSSR count). The third kappa shape index (κ3) is 4.85. The van der Waals surface area contributed by atoms with Gasteiger partial charge in [0, 0.05) is 38.3 Å². The summed E-state index contributed by atoms with van der Waals surface area (Å²) in [5, 5.41) is 14.4. The summed E-state index contributed by atoms with van der Waals surface area (Å²) in [5.74, 6) is 1.01. The highest BCUT2D eigenvalue weighted by Gasteiger charge is 2.05. The average Bonchev–Trinajstić information content (AvgIpc) is 3.06. The van der Waals surface area contributed by atoms with Crippen molar-refractivity contribution in [2.24, 2.45) is 5.92 Å². The second-order valence-corrected chi connectivity index (χ2v) is 5.17. The summed E-state index contributed by atoms with van der Waals surface area (Å²) >= 11 is 0. The van der Waals surface area contributed by atoms with Gasteiger partial charge < -0.3 is 15.7 Å². The highest BCUT2D eigenvalue weighted by atomic mass is 16.3. The van der Waals surface area contributed by atoms with E-state index >= 15 is 0 Å². The zero-order valence-electron chi connectivity index (χ0n) is 12.6. The Hall–Kier alpha value is -2.41. The molecule has 0 saturated heterocycles. The van der Waals surface area contributed by atoms with E-state index in [0.717, 1.165) is 11.4 Å². The smallest absolute Gasteiger partial charge is 0.315 e. The van der Waals surface area contributed by atoms with E-state index in [1.165, 1.54) is 0 Å². The monoisotopic (exact) mass is 303 g/mol. The van der Waals surface area contributed by atoms with Crippen molar-refractivity contribution in [1.29, 1.82) is 0 Å². The lowest BCUT2D eigenvalue weighted by molar-refractivity contribution is 0.233. The fraction of sp³-hybridized carbons (Fsp3) is 0.400. The number of pyridine rings is 1. The second kappa shape index (κ2) is 8.14. The molecular formula is C15H21N5O2. The minimum Gasteiger partial charge on any atom is -0.396 e. The Bertz CT molecular complexity index is 585. The topological polar surface area (TPSA) is 92.1 Å². The molecule has 0 fully saturated rings. The number of nitrogens with one attached hydrogen (secondary N) is 2. The molecule has 7 heteroatoms. The number of amides is 2. The quantitative estimate of drug-likeness (QED) is 0.714. The Morgan fingerprint density at radius 1 is 1.41 bits per heavy atom. The van der Waals surface area contributed by atoms with Gasteiger partial charge in [-0.1, -0.05) is 6.92 Å². The number of hydrogen-bond acceptors (Lipinski definition) is 4. The van der Waals surface area contributed by atoms with Crippen LogP contribution in [-0.2, 0) is 6.54 Å². The number of imidazole rings is 1. The lowest BCUT2D eigenvalue weighted by atomic mass is 10.1. The fourth-order valence-corrected chi connectivity index (χ4v) is 1.94. The lowest BCUT2D eigenvalue weighted by Gasteiger charge is -2.12. The van der Waals surface area contributed by atoms with Crippen LogP contribution in [0.3, 0.4) is 0 Å². The molecule has 3 N–H and O–H groups in total. The van der Waals surface area contributed by atoms with Gasteiger partial charge in [0.1, 0.15) is 12.1 Å². The molecule has 2 aromatic heterocycles. The van der Waals surface area contributed by atoms with Gasteiger partial charge in [0.15, 0.2) is 0 Å². The van der Waals surface area contributed by atoms with Crippen LogP contribution in [0.1, 0.15) is 18.9 Å². The lowest BCUT2D eigenvalue weighted by Crippen LogP contribution is -2.37. The molecule has 0 saturated carbocycles. The van der Waals surface area contributed by atoms with Crippen molar-refractivity contribution in [3.8, 4) is 5.82 Å². The fourth-order valence-electron chi connectivity index (χ4n) is 1.94. The first-order chi connectivity index (χ1) is 10.7. The predicted molar refractivity (Wildman–Crippen MR) is 82.5 cm³/mol. The highest BCUT2D eigenvalue weighted by Crippen LogP contribution is 2.06. The number of aliphatic hydroxyl groups is 1. The van der Waals surface area contributed by atoms with Crippen molar-refractivity contribution in [2.45, 2.75) is 19.9 Å². The molecule has 22 heavy (non-hydrogen) atoms. The van der Waals surface area contributed by atoms with Gasteiger partial charge in [0.05, 0.1) is 0 Å². The molecule has 0 bridgehead atoms. The van der Waals surface area contributed by atoms with Crippen molar-refractivity contribution < 1.29 is 9.90 Å². The standard InChI is InChI=1S/C15H21N5O2/c1-12(3-7-21)9-18-15(22)19-10-13-2-4-17-14(8-13)20-6-5-16-11-20/h2,4-6,8,11-12,21H,3,7,9-10H2,1H3,(H2,18,19,22). The zero-order valence-corrected chi connectivity index (χ0v) is 12.6. The average molecular weight is 303 g/mol. The molecule has 0 spiro atoms. The van der Waals surface area contributed by atoms with Crippen LogP contribution in [0.4, 0.5) is 4.79 Å². The molecule has 2 amide bonds. The molecule has 0 aliphatic heterocycles. The van der Waals surface area contributed by atoms with Gasteiger partial charge in [-0.2, -0.15) is 0 Å². The Kier molecular flexibility index (Phi) is 5.91. The summed E-state index contributed by atoms with van der Waals surface area (Å²) in [4.78, 5) is 20.0. The van der Waals surface area contributed by atoms with Crippen molar-refractivity contribution in [2.75, 3.05) is 13.2 Å². The van der Waals surface area contributed by atoms with Gasteiger partial charge in [-0.05, 0) is 30.0 Å². The molecule has 118 valence electrons. The summed E-state index contributed by atoms with van der Waals surface area (Å²) in [6.07, 6.45) is 7.56. The minimum atomic E-state index is -0.217. The number of rotatable bonds is 7. The number of hydrogen-bond donors (Lipinski definition) is 3. The third-order valence-corrected chi connectivity index (χ3v) is 3.26. The van der Waals surface area contributed by atoms with E-state index in [-0.39, 0.29) is 18.6 Å². The normalized spacial score (nSPS) is 11.9. The molecule has 0 aliphatic carbocycles. The maximum absolute atomic E-state index is 11.7. The second-order valence-electron chi connectivity index (χ2n) is 5.17. The molecule has 0 radical (unpaired) electrons. The van der Waals surface area contributed by atoms with Gasteiger partial charge in [0.2, 0.25) is 0 Å². The summed E-state index contributed by atoms with van der Waals surface area (Å²) in [7, 11) is 0. The highest BCUT2D eigenvalue weighted by molar-refractivity contribution is 5.73. The van der Waals surface area contributed by atoms with Crippen LogP contribution in [0.5, 0.6) is 0 Å². The van der Waals surface area contributed by atoms with Crippen LogP contribution in [-0.4, -0.2) is 38.8 Å². The minimum absolute atomic E-state index is 0.137. The molecular weight excluding hydrogens is 282 g/mol. The van der Waals surface area contributed by atoms with Gasteiger partial charge >= 0.3 is 6.03 Å². The summed E-state index contributed by atoms with van der Waals surface area (Å²) in [6, 6.07) is 3.54. The Labute approximate surface area is 129 Å². The van der Waals surface area contributed by atoms with E-state index in [2.05, 4.69) is 20.6 Å². The van der Waals surface area contributed by atoms with Gasteiger partial charge in [0.25, 0.3) is 0 Å². The number of urea groups is 1. The molecule has 2 heterocycles. The largest absolute Gasteiger partial charge is 0.396 e. The van der Waals surface area contributed by atoms with Crippen molar-refractivity contribution >= 4 is 6.03 Å². The molecule has 0 aromatic carbocycles. The van der Waals surface area contributed by atoms with Crippen molar-refractivity contribution in [3.63, 3.8) is 0 Å². The summed E-state index contributed by atoms with van der Waals surface area (Å²) in [5.41, 5.74) is 0.956. The van der Waals surface area contributed by atoms with Crippen LogP contribution in [0.25, 0.3) is 5.82 Å². The van der Waals surface area contributed by atoms with Crippen LogP contribution in [0.2, 0.25) is 0 Å². The van der Waals surface area contributed by atoms with E-state index in [4.69, 9.17) is 5.11 Å².